The average molecular weight is 246 g/mol. The van der Waals surface area contributed by atoms with E-state index in [2.05, 4.69) is 5.32 Å². The van der Waals surface area contributed by atoms with Gasteiger partial charge in [0.25, 0.3) is 0 Å². The van der Waals surface area contributed by atoms with Gasteiger partial charge >= 0.3 is 0 Å². The maximum absolute atomic E-state index is 11.6. The fraction of sp³-hybridized carbons (Fsp3) is 0.500. The molecule has 1 amide bonds. The summed E-state index contributed by atoms with van der Waals surface area (Å²) < 4.78 is 5.33. The van der Waals surface area contributed by atoms with Gasteiger partial charge in [-0.05, 0) is 37.1 Å². The molecule has 1 atom stereocenters. The molecule has 4 nitrogen and oxygen atoms in total. The van der Waals surface area contributed by atoms with Crippen LogP contribution < -0.4 is 10.2 Å². The molecule has 1 unspecified atom stereocenters. The van der Waals surface area contributed by atoms with Crippen LogP contribution in [0.4, 0.5) is 11.4 Å². The van der Waals surface area contributed by atoms with Crippen LogP contribution in [0.15, 0.2) is 24.3 Å². The van der Waals surface area contributed by atoms with E-state index in [1.807, 2.05) is 29.2 Å². The third-order valence-corrected chi connectivity index (χ3v) is 3.55. The monoisotopic (exact) mass is 246 g/mol. The fourth-order valence-corrected chi connectivity index (χ4v) is 2.54. The summed E-state index contributed by atoms with van der Waals surface area (Å²) in [7, 11) is 0. The van der Waals surface area contributed by atoms with Crippen LogP contribution in [-0.4, -0.2) is 31.7 Å². The van der Waals surface area contributed by atoms with Gasteiger partial charge in [0.2, 0.25) is 5.91 Å². The van der Waals surface area contributed by atoms with Crippen LogP contribution in [0.5, 0.6) is 0 Å². The van der Waals surface area contributed by atoms with Crippen molar-refractivity contribution in [1.29, 1.82) is 0 Å². The van der Waals surface area contributed by atoms with E-state index in [-0.39, 0.29) is 5.91 Å². The van der Waals surface area contributed by atoms with E-state index in [0.717, 1.165) is 44.0 Å². The number of nitrogens with zero attached hydrogens (tertiary/aromatic N) is 1. The molecule has 1 N–H and O–H groups in total. The Morgan fingerprint density at radius 3 is 2.72 bits per heavy atom. The fourth-order valence-electron chi connectivity index (χ4n) is 2.54. The van der Waals surface area contributed by atoms with E-state index in [4.69, 9.17) is 4.74 Å². The van der Waals surface area contributed by atoms with Crippen molar-refractivity contribution < 1.29 is 9.53 Å². The zero-order valence-electron chi connectivity index (χ0n) is 10.4. The number of carbonyl (C=O) groups excluding carboxylic acids is 1. The Bertz CT molecular complexity index is 424. The van der Waals surface area contributed by atoms with Crippen molar-refractivity contribution >= 4 is 17.3 Å². The number of carbonyl (C=O) groups is 1. The summed E-state index contributed by atoms with van der Waals surface area (Å²) in [6, 6.07) is 8.53. The van der Waals surface area contributed by atoms with Crippen LogP contribution in [0, 0.1) is 0 Å². The maximum atomic E-state index is 11.6. The van der Waals surface area contributed by atoms with Crippen LogP contribution in [-0.2, 0) is 9.53 Å². The Morgan fingerprint density at radius 2 is 2.11 bits per heavy atom. The highest BCUT2D eigenvalue weighted by molar-refractivity contribution is 5.95. The molecule has 0 saturated carbocycles. The van der Waals surface area contributed by atoms with Gasteiger partial charge in [0.05, 0.1) is 12.6 Å². The third-order valence-electron chi connectivity index (χ3n) is 3.55. The van der Waals surface area contributed by atoms with E-state index < -0.39 is 0 Å². The summed E-state index contributed by atoms with van der Waals surface area (Å²) in [5.74, 6) is 0.236. The summed E-state index contributed by atoms with van der Waals surface area (Å²) in [6.07, 6.45) is 2.71. The lowest BCUT2D eigenvalue weighted by Gasteiger charge is -2.17. The predicted octanol–water partition coefficient (Wildman–Crippen LogP) is 2.01. The van der Waals surface area contributed by atoms with Gasteiger partial charge in [0, 0.05) is 30.9 Å². The first kappa shape index (κ1) is 11.5. The molecule has 2 heterocycles. The first-order valence-corrected chi connectivity index (χ1v) is 6.58. The zero-order valence-corrected chi connectivity index (χ0v) is 10.4. The molecule has 2 saturated heterocycles. The topological polar surface area (TPSA) is 41.6 Å². The SMILES string of the molecule is O=C1CCCN1c1ccc(NC2CCOC2)cc1. The standard InChI is InChI=1S/C14H18N2O2/c17-14-2-1-8-16(14)13-5-3-11(4-6-13)15-12-7-9-18-10-12/h3-6,12,15H,1-2,7-10H2. The molecule has 1 aromatic carbocycles. The molecule has 2 aliphatic rings. The molecule has 2 aliphatic heterocycles. The second-order valence-electron chi connectivity index (χ2n) is 4.90. The quantitative estimate of drug-likeness (QED) is 0.887. The van der Waals surface area contributed by atoms with E-state index in [1.54, 1.807) is 0 Å². The molecule has 0 radical (unpaired) electrons. The number of hydrogen-bond acceptors (Lipinski definition) is 3. The van der Waals surface area contributed by atoms with Crippen LogP contribution >= 0.6 is 0 Å². The molecular weight excluding hydrogens is 228 g/mol. The molecule has 96 valence electrons. The maximum Gasteiger partial charge on any atom is 0.227 e. The first-order valence-electron chi connectivity index (χ1n) is 6.58. The Morgan fingerprint density at radius 1 is 1.28 bits per heavy atom. The van der Waals surface area contributed by atoms with Crippen molar-refractivity contribution in [3.05, 3.63) is 24.3 Å². The minimum absolute atomic E-state index is 0.236. The third kappa shape index (κ3) is 2.34. The number of amides is 1. The van der Waals surface area contributed by atoms with E-state index in [9.17, 15) is 4.79 Å². The molecule has 18 heavy (non-hydrogen) atoms. The molecule has 0 aliphatic carbocycles. The van der Waals surface area contributed by atoms with Gasteiger partial charge in [0.15, 0.2) is 0 Å². The zero-order chi connectivity index (χ0) is 12.4. The predicted molar refractivity (Wildman–Crippen MR) is 70.9 cm³/mol. The molecule has 4 heteroatoms. The largest absolute Gasteiger partial charge is 0.380 e. The number of rotatable bonds is 3. The van der Waals surface area contributed by atoms with Gasteiger partial charge in [0.1, 0.15) is 0 Å². The van der Waals surface area contributed by atoms with Gasteiger partial charge in [-0.15, -0.1) is 0 Å². The second-order valence-corrected chi connectivity index (χ2v) is 4.90. The Kier molecular flexibility index (Phi) is 3.19. The Labute approximate surface area is 107 Å². The van der Waals surface area contributed by atoms with Crippen LogP contribution in [0.2, 0.25) is 0 Å². The molecule has 1 aromatic rings. The second kappa shape index (κ2) is 4.98. The Hall–Kier alpha value is -1.55. The van der Waals surface area contributed by atoms with Gasteiger partial charge in [-0.1, -0.05) is 0 Å². The number of ether oxygens (including phenoxy) is 1. The average Bonchev–Trinajstić information content (AvgIpc) is 3.02. The molecular formula is C14H18N2O2. The lowest BCUT2D eigenvalue weighted by molar-refractivity contribution is -0.117. The van der Waals surface area contributed by atoms with Crippen molar-refractivity contribution in [2.45, 2.75) is 25.3 Å². The Balaban J connectivity index is 1.66. The summed E-state index contributed by atoms with van der Waals surface area (Å²) >= 11 is 0. The summed E-state index contributed by atoms with van der Waals surface area (Å²) in [5.41, 5.74) is 2.10. The highest BCUT2D eigenvalue weighted by Gasteiger charge is 2.21. The lowest BCUT2D eigenvalue weighted by atomic mass is 10.2. The number of benzene rings is 1. The first-order chi connectivity index (χ1) is 8.83. The normalized spacial score (nSPS) is 23.7. The van der Waals surface area contributed by atoms with Gasteiger partial charge in [-0.25, -0.2) is 0 Å². The van der Waals surface area contributed by atoms with Crippen LogP contribution in [0.3, 0.4) is 0 Å². The minimum atomic E-state index is 0.236. The number of nitrogens with one attached hydrogen (secondary N) is 1. The van der Waals surface area contributed by atoms with Crippen molar-refractivity contribution in [2.75, 3.05) is 30.0 Å². The summed E-state index contributed by atoms with van der Waals surface area (Å²) in [6.45, 7) is 2.48. The van der Waals surface area contributed by atoms with Gasteiger partial charge < -0.3 is 15.0 Å². The molecule has 0 spiro atoms. The highest BCUT2D eigenvalue weighted by Crippen LogP contribution is 2.23. The van der Waals surface area contributed by atoms with E-state index >= 15 is 0 Å². The highest BCUT2D eigenvalue weighted by atomic mass is 16.5. The number of anilines is 2. The van der Waals surface area contributed by atoms with E-state index in [0.29, 0.717) is 12.5 Å². The van der Waals surface area contributed by atoms with Crippen LogP contribution in [0.1, 0.15) is 19.3 Å². The molecule has 3 rings (SSSR count). The van der Waals surface area contributed by atoms with Gasteiger partial charge in [-0.3, -0.25) is 4.79 Å². The number of hydrogen-bond donors (Lipinski definition) is 1. The van der Waals surface area contributed by atoms with Crippen molar-refractivity contribution in [2.24, 2.45) is 0 Å². The smallest absolute Gasteiger partial charge is 0.227 e. The molecule has 2 fully saturated rings. The van der Waals surface area contributed by atoms with Crippen molar-refractivity contribution in [1.82, 2.24) is 0 Å². The summed E-state index contributed by atoms with van der Waals surface area (Å²) in [5, 5.41) is 3.44. The van der Waals surface area contributed by atoms with E-state index in [1.165, 1.54) is 0 Å². The lowest BCUT2D eigenvalue weighted by Crippen LogP contribution is -2.23. The van der Waals surface area contributed by atoms with Crippen molar-refractivity contribution in [3.63, 3.8) is 0 Å². The molecule has 0 bridgehead atoms. The van der Waals surface area contributed by atoms with Crippen molar-refractivity contribution in [3.8, 4) is 0 Å². The summed E-state index contributed by atoms with van der Waals surface area (Å²) in [4.78, 5) is 13.5. The van der Waals surface area contributed by atoms with Gasteiger partial charge in [-0.2, -0.15) is 0 Å². The van der Waals surface area contributed by atoms with Crippen LogP contribution in [0.25, 0.3) is 0 Å². The molecule has 0 aromatic heterocycles. The minimum Gasteiger partial charge on any atom is -0.380 e.